The second-order valence-corrected chi connectivity index (χ2v) is 9.81. The third-order valence-corrected chi connectivity index (χ3v) is 6.71. The number of carbonyl (C=O) groups is 4. The highest BCUT2D eigenvalue weighted by molar-refractivity contribution is 6.30. The number of fused-ring (bicyclic) bond motifs is 1. The van der Waals surface area contributed by atoms with E-state index in [0.717, 1.165) is 12.8 Å². The number of furan rings is 1. The molecule has 2 heterocycles. The molecule has 1 fully saturated rings. The predicted molar refractivity (Wildman–Crippen MR) is 148 cm³/mol. The second-order valence-electron chi connectivity index (χ2n) is 9.40. The van der Waals surface area contributed by atoms with Crippen molar-refractivity contribution in [2.45, 2.75) is 32.0 Å². The number of amides is 5. The summed E-state index contributed by atoms with van der Waals surface area (Å²) in [6.07, 6.45) is 2.89. The van der Waals surface area contributed by atoms with E-state index in [1.807, 2.05) is 0 Å². The fraction of sp³-hybridized carbons (Fsp3) is 0.222. The zero-order valence-corrected chi connectivity index (χ0v) is 22.3. The van der Waals surface area contributed by atoms with E-state index in [1.54, 1.807) is 30.3 Å². The topological polar surface area (TPSA) is 165 Å². The number of benzene rings is 2. The van der Waals surface area contributed by atoms with Gasteiger partial charge in [-0.15, -0.1) is 0 Å². The van der Waals surface area contributed by atoms with Gasteiger partial charge in [-0.2, -0.15) is 5.10 Å². The fourth-order valence-electron chi connectivity index (χ4n) is 4.30. The molecule has 0 aliphatic heterocycles. The van der Waals surface area contributed by atoms with Crippen molar-refractivity contribution in [3.63, 3.8) is 0 Å². The van der Waals surface area contributed by atoms with Gasteiger partial charge in [-0.25, -0.2) is 9.18 Å². The maximum atomic E-state index is 14.2. The number of hydrogen-bond acceptors (Lipinski definition) is 6. The van der Waals surface area contributed by atoms with Crippen LogP contribution in [0.25, 0.3) is 10.9 Å². The number of nitrogens with zero attached hydrogens (tertiary/aromatic N) is 3. The lowest BCUT2D eigenvalue weighted by molar-refractivity contribution is -0.137. The number of primary amides is 1. The first kappa shape index (κ1) is 27.6. The molecule has 1 aliphatic carbocycles. The lowest BCUT2D eigenvalue weighted by Crippen LogP contribution is -2.43. The molecule has 1 saturated carbocycles. The van der Waals surface area contributed by atoms with Crippen LogP contribution in [0.2, 0.25) is 5.02 Å². The Morgan fingerprint density at radius 2 is 1.93 bits per heavy atom. The normalized spacial score (nSPS) is 12.6. The molecule has 2 aromatic carbocycles. The zero-order chi connectivity index (χ0) is 29.1. The number of halogens is 2. The van der Waals surface area contributed by atoms with Crippen LogP contribution in [-0.4, -0.2) is 51.0 Å². The third kappa shape index (κ3) is 6.47. The highest BCUT2D eigenvalue weighted by Crippen LogP contribution is 2.28. The molecule has 0 atom stereocenters. The number of nitrogens with two attached hydrogens (primary N) is 1. The van der Waals surface area contributed by atoms with E-state index in [2.05, 4.69) is 21.0 Å². The first-order valence-electron chi connectivity index (χ1n) is 12.6. The number of rotatable bonds is 10. The molecule has 212 valence electrons. The minimum Gasteiger partial charge on any atom is -0.449 e. The van der Waals surface area contributed by atoms with Crippen molar-refractivity contribution in [1.29, 1.82) is 0 Å². The van der Waals surface area contributed by atoms with Gasteiger partial charge in [-0.1, -0.05) is 23.7 Å². The van der Waals surface area contributed by atoms with Crippen molar-refractivity contribution in [3.8, 4) is 0 Å². The molecule has 14 heteroatoms. The quantitative estimate of drug-likeness (QED) is 0.224. The molecule has 5 rings (SSSR count). The molecule has 5 N–H and O–H groups in total. The molecule has 0 unspecified atom stereocenters. The van der Waals surface area contributed by atoms with Crippen LogP contribution in [0.15, 0.2) is 59.2 Å². The lowest BCUT2D eigenvalue weighted by Gasteiger charge is -2.22. The van der Waals surface area contributed by atoms with Crippen LogP contribution in [0.5, 0.6) is 0 Å². The van der Waals surface area contributed by atoms with Crippen LogP contribution in [0.3, 0.4) is 0 Å². The summed E-state index contributed by atoms with van der Waals surface area (Å²) >= 11 is 5.80. The Balaban J connectivity index is 1.28. The number of hydrogen-bond donors (Lipinski definition) is 4. The average Bonchev–Trinajstić information content (AvgIpc) is 3.53. The molecule has 41 heavy (non-hydrogen) atoms. The molecule has 12 nitrogen and oxygen atoms in total. The van der Waals surface area contributed by atoms with Crippen molar-refractivity contribution in [2.24, 2.45) is 5.73 Å². The average molecular weight is 582 g/mol. The molecule has 5 amide bonds. The molecular formula is C27H25ClFN7O5. The zero-order valence-electron chi connectivity index (χ0n) is 21.5. The van der Waals surface area contributed by atoms with Crippen LogP contribution in [0.1, 0.15) is 28.9 Å². The number of urea groups is 1. The number of carbonyl (C=O) groups excluding carboxylic acids is 4. The Hall–Kier alpha value is -4.91. The molecule has 4 aromatic rings. The summed E-state index contributed by atoms with van der Waals surface area (Å²) in [6, 6.07) is 11.7. The van der Waals surface area contributed by atoms with E-state index >= 15 is 0 Å². The van der Waals surface area contributed by atoms with Crippen molar-refractivity contribution in [2.75, 3.05) is 17.2 Å². The van der Waals surface area contributed by atoms with E-state index in [1.165, 1.54) is 34.0 Å². The monoisotopic (exact) mass is 581 g/mol. The minimum atomic E-state index is -0.815. The molecule has 0 saturated heterocycles. The second kappa shape index (κ2) is 11.7. The summed E-state index contributed by atoms with van der Waals surface area (Å²) in [5.74, 6) is -2.03. The SMILES string of the molecule is NC(=O)c1nn(CC(=O)N(CC(=O)NCc2cccc(Cl)c2F)C2CC2)c2ccc(NC(=O)Nc3ccco3)cc12. The molecule has 0 spiro atoms. The molecule has 1 aliphatic rings. The third-order valence-electron chi connectivity index (χ3n) is 6.41. The van der Waals surface area contributed by atoms with Gasteiger partial charge in [0.15, 0.2) is 5.69 Å². The van der Waals surface area contributed by atoms with E-state index in [0.29, 0.717) is 16.6 Å². The van der Waals surface area contributed by atoms with Crippen LogP contribution < -0.4 is 21.7 Å². The standard InChI is InChI=1S/C27H25ClFN7O5/c28-19-4-1-3-15(24(19)29)12-31-21(37)13-35(17-7-8-17)23(38)14-36-20-9-6-16(11-18(20)25(34-36)26(30)39)32-27(40)33-22-5-2-10-41-22/h1-6,9-11,17H,7-8,12-14H2,(H2,30,39)(H,31,37)(H2,32,33,40). The Labute approximate surface area is 237 Å². The summed E-state index contributed by atoms with van der Waals surface area (Å²) in [4.78, 5) is 51.8. The number of anilines is 2. The van der Waals surface area contributed by atoms with Crippen molar-refractivity contribution in [1.82, 2.24) is 20.0 Å². The van der Waals surface area contributed by atoms with Gasteiger partial charge in [0.2, 0.25) is 17.7 Å². The highest BCUT2D eigenvalue weighted by Gasteiger charge is 2.34. The minimum absolute atomic E-state index is 0.0478. The Bertz CT molecular complexity index is 1630. The first-order chi connectivity index (χ1) is 19.7. The van der Waals surface area contributed by atoms with Gasteiger partial charge < -0.3 is 25.7 Å². The Morgan fingerprint density at radius 3 is 2.63 bits per heavy atom. The van der Waals surface area contributed by atoms with Gasteiger partial charge in [-0.3, -0.25) is 24.4 Å². The van der Waals surface area contributed by atoms with Crippen LogP contribution in [-0.2, 0) is 22.7 Å². The van der Waals surface area contributed by atoms with Crippen molar-refractivity contribution in [3.05, 3.63) is 76.9 Å². The van der Waals surface area contributed by atoms with E-state index < -0.39 is 29.6 Å². The van der Waals surface area contributed by atoms with Crippen LogP contribution in [0, 0.1) is 5.82 Å². The van der Waals surface area contributed by atoms with Crippen LogP contribution in [0.4, 0.5) is 20.8 Å². The van der Waals surface area contributed by atoms with E-state index in [4.69, 9.17) is 21.8 Å². The Kier molecular flexibility index (Phi) is 7.88. The lowest BCUT2D eigenvalue weighted by atomic mass is 10.2. The molecule has 2 aromatic heterocycles. The summed E-state index contributed by atoms with van der Waals surface area (Å²) in [5, 5.41) is 12.3. The number of aromatic nitrogens is 2. The molecular weight excluding hydrogens is 557 g/mol. The summed E-state index contributed by atoms with van der Waals surface area (Å²) in [6.45, 7) is -0.575. The smallest absolute Gasteiger partial charge is 0.326 e. The number of nitrogens with one attached hydrogen (secondary N) is 3. The predicted octanol–water partition coefficient (Wildman–Crippen LogP) is 3.47. The Morgan fingerprint density at radius 1 is 1.12 bits per heavy atom. The summed E-state index contributed by atoms with van der Waals surface area (Å²) < 4.78 is 20.6. The van der Waals surface area contributed by atoms with Gasteiger partial charge in [0.1, 0.15) is 12.4 Å². The maximum Gasteiger partial charge on any atom is 0.326 e. The van der Waals surface area contributed by atoms with Crippen molar-refractivity contribution < 1.29 is 28.0 Å². The van der Waals surface area contributed by atoms with Gasteiger partial charge in [-0.05, 0) is 43.2 Å². The maximum absolute atomic E-state index is 14.2. The van der Waals surface area contributed by atoms with Gasteiger partial charge in [0.25, 0.3) is 5.91 Å². The molecule has 0 bridgehead atoms. The molecule has 0 radical (unpaired) electrons. The van der Waals surface area contributed by atoms with Crippen molar-refractivity contribution >= 4 is 57.8 Å². The first-order valence-corrected chi connectivity index (χ1v) is 13.0. The van der Waals surface area contributed by atoms with Crippen LogP contribution >= 0.6 is 11.6 Å². The van der Waals surface area contributed by atoms with Gasteiger partial charge >= 0.3 is 6.03 Å². The van der Waals surface area contributed by atoms with Gasteiger partial charge in [0.05, 0.1) is 23.3 Å². The largest absolute Gasteiger partial charge is 0.449 e. The van der Waals surface area contributed by atoms with E-state index in [9.17, 15) is 23.6 Å². The summed E-state index contributed by atoms with van der Waals surface area (Å²) in [5.41, 5.74) is 6.47. The summed E-state index contributed by atoms with van der Waals surface area (Å²) in [7, 11) is 0. The van der Waals surface area contributed by atoms with E-state index in [-0.39, 0.29) is 47.8 Å². The fourth-order valence-corrected chi connectivity index (χ4v) is 4.49. The highest BCUT2D eigenvalue weighted by atomic mass is 35.5. The van der Waals surface area contributed by atoms with Gasteiger partial charge in [0, 0.05) is 35.3 Å².